The molecule has 0 radical (unpaired) electrons. The van der Waals surface area contributed by atoms with E-state index in [1.54, 1.807) is 0 Å². The third-order valence-electron chi connectivity index (χ3n) is 7.10. The fourth-order valence-corrected chi connectivity index (χ4v) is 6.92. The molecule has 2 aromatic carbocycles. The normalized spacial score (nSPS) is 13.6. The van der Waals surface area contributed by atoms with Gasteiger partial charge in [-0.25, -0.2) is 4.58 Å². The highest BCUT2D eigenvalue weighted by Gasteiger charge is 2.29. The molecule has 0 aliphatic heterocycles. The first-order valence-corrected chi connectivity index (χ1v) is 15.8. The first-order valence-electron chi connectivity index (χ1n) is 13.0. The van der Waals surface area contributed by atoms with Gasteiger partial charge in [-0.2, -0.15) is 16.8 Å². The molecular formula is C29H37N2O6S2+. The number of nitrogens with zero attached hydrogens (tertiary/aromatic N) is 2. The van der Waals surface area contributed by atoms with E-state index in [1.807, 2.05) is 48.6 Å². The molecule has 0 unspecified atom stereocenters. The van der Waals surface area contributed by atoms with Crippen LogP contribution in [0.4, 0.5) is 5.69 Å². The van der Waals surface area contributed by atoms with Crippen LogP contribution in [0.5, 0.6) is 0 Å². The van der Waals surface area contributed by atoms with Crippen LogP contribution < -0.4 is 4.90 Å². The summed E-state index contributed by atoms with van der Waals surface area (Å²) in [5.41, 5.74) is 4.24. The van der Waals surface area contributed by atoms with Gasteiger partial charge in [-0.15, -0.1) is 0 Å². The Kier molecular flexibility index (Phi) is 9.38. The highest BCUT2D eigenvalue weighted by atomic mass is 32.2. The number of benzene rings is 2. The SMILES string of the molecule is CCN(CC)c1ccc(C(=C2C=CC(=[N+](CC)CC)C=C2)c2cc(S(=O)(=O)O)c(C)c(S(=O)(=O)O)c2C)cc1. The second-order valence-electron chi connectivity index (χ2n) is 9.26. The first-order chi connectivity index (χ1) is 18.3. The molecule has 39 heavy (non-hydrogen) atoms. The Morgan fingerprint density at radius 1 is 0.795 bits per heavy atom. The maximum atomic E-state index is 12.4. The number of anilines is 1. The maximum absolute atomic E-state index is 12.4. The summed E-state index contributed by atoms with van der Waals surface area (Å²) in [5.74, 6) is 0. The van der Waals surface area contributed by atoms with Crippen molar-refractivity contribution in [2.45, 2.75) is 51.3 Å². The average molecular weight is 574 g/mol. The summed E-state index contributed by atoms with van der Waals surface area (Å²) >= 11 is 0. The molecule has 0 aromatic heterocycles. The van der Waals surface area contributed by atoms with Gasteiger partial charge in [-0.05, 0) is 105 Å². The van der Waals surface area contributed by atoms with Crippen LogP contribution in [0.2, 0.25) is 0 Å². The molecule has 0 fully saturated rings. The summed E-state index contributed by atoms with van der Waals surface area (Å²) < 4.78 is 71.7. The second kappa shape index (κ2) is 12.0. The quantitative estimate of drug-likeness (QED) is 0.318. The maximum Gasteiger partial charge on any atom is 0.295 e. The van der Waals surface area contributed by atoms with Gasteiger partial charge < -0.3 is 4.90 Å². The molecule has 10 heteroatoms. The van der Waals surface area contributed by atoms with Crippen LogP contribution in [0.25, 0.3) is 5.57 Å². The van der Waals surface area contributed by atoms with Crippen LogP contribution in [-0.2, 0) is 20.2 Å². The highest BCUT2D eigenvalue weighted by molar-refractivity contribution is 7.86. The van der Waals surface area contributed by atoms with Crippen molar-refractivity contribution in [2.75, 3.05) is 31.1 Å². The predicted octanol–water partition coefficient (Wildman–Crippen LogP) is 5.06. The summed E-state index contributed by atoms with van der Waals surface area (Å²) in [6.07, 6.45) is 7.73. The molecule has 0 spiro atoms. The third-order valence-corrected chi connectivity index (χ3v) is 9.21. The van der Waals surface area contributed by atoms with Crippen LogP contribution in [0.15, 0.2) is 70.0 Å². The fraction of sp³-hybridized carbons (Fsp3) is 0.345. The van der Waals surface area contributed by atoms with E-state index in [9.17, 15) is 25.9 Å². The van der Waals surface area contributed by atoms with E-state index in [-0.39, 0.29) is 16.7 Å². The highest BCUT2D eigenvalue weighted by Crippen LogP contribution is 2.38. The third kappa shape index (κ3) is 6.41. The summed E-state index contributed by atoms with van der Waals surface area (Å²) in [6.45, 7) is 14.3. The molecule has 0 amide bonds. The Balaban J connectivity index is 2.44. The minimum Gasteiger partial charge on any atom is -0.372 e. The van der Waals surface area contributed by atoms with Gasteiger partial charge in [0.2, 0.25) is 0 Å². The van der Waals surface area contributed by atoms with E-state index in [4.69, 9.17) is 0 Å². The lowest BCUT2D eigenvalue weighted by atomic mass is 9.87. The van der Waals surface area contributed by atoms with Crippen molar-refractivity contribution in [1.29, 1.82) is 0 Å². The zero-order valence-electron chi connectivity index (χ0n) is 23.3. The molecule has 2 aromatic rings. The number of hydrogen-bond donors (Lipinski definition) is 2. The van der Waals surface area contributed by atoms with Gasteiger partial charge in [0.15, 0.2) is 5.71 Å². The Morgan fingerprint density at radius 3 is 1.77 bits per heavy atom. The molecule has 8 nitrogen and oxygen atoms in total. The van der Waals surface area contributed by atoms with E-state index in [0.29, 0.717) is 5.57 Å². The Labute approximate surface area is 232 Å². The molecule has 1 aliphatic carbocycles. The topological polar surface area (TPSA) is 115 Å². The number of hydrogen-bond acceptors (Lipinski definition) is 5. The first kappa shape index (κ1) is 30.5. The van der Waals surface area contributed by atoms with Crippen molar-refractivity contribution in [3.05, 3.63) is 82.5 Å². The summed E-state index contributed by atoms with van der Waals surface area (Å²) in [7, 11) is -9.62. The molecular weight excluding hydrogens is 536 g/mol. The molecule has 0 saturated carbocycles. The molecule has 0 bridgehead atoms. The summed E-state index contributed by atoms with van der Waals surface area (Å²) in [4.78, 5) is 1.07. The van der Waals surface area contributed by atoms with Gasteiger partial charge in [0, 0.05) is 30.9 Å². The van der Waals surface area contributed by atoms with Crippen molar-refractivity contribution >= 4 is 37.2 Å². The minimum atomic E-state index is -4.82. The van der Waals surface area contributed by atoms with Crippen LogP contribution in [0.3, 0.4) is 0 Å². The Morgan fingerprint density at radius 2 is 1.33 bits per heavy atom. The average Bonchev–Trinajstić information content (AvgIpc) is 2.87. The molecule has 210 valence electrons. The Hall–Kier alpha value is -3.05. The molecule has 1 aliphatic rings. The zero-order valence-corrected chi connectivity index (χ0v) is 24.9. The zero-order chi connectivity index (χ0) is 29.1. The predicted molar refractivity (Wildman–Crippen MR) is 156 cm³/mol. The van der Waals surface area contributed by atoms with Crippen molar-refractivity contribution in [1.82, 2.24) is 0 Å². The molecule has 2 N–H and O–H groups in total. The number of rotatable bonds is 9. The molecule has 0 heterocycles. The van der Waals surface area contributed by atoms with Gasteiger partial charge in [0.1, 0.15) is 18.0 Å². The van der Waals surface area contributed by atoms with E-state index >= 15 is 0 Å². The summed E-state index contributed by atoms with van der Waals surface area (Å²) in [5, 5.41) is 0. The van der Waals surface area contributed by atoms with Gasteiger partial charge in [-0.3, -0.25) is 9.11 Å². The fourth-order valence-electron chi connectivity index (χ4n) is 5.11. The number of allylic oxidation sites excluding steroid dienone is 5. The monoisotopic (exact) mass is 573 g/mol. The molecule has 3 rings (SSSR count). The second-order valence-corrected chi connectivity index (χ2v) is 12.0. The van der Waals surface area contributed by atoms with Crippen LogP contribution in [0.1, 0.15) is 49.9 Å². The van der Waals surface area contributed by atoms with Gasteiger partial charge in [-0.1, -0.05) is 12.1 Å². The van der Waals surface area contributed by atoms with E-state index in [1.165, 1.54) is 19.9 Å². The lowest BCUT2D eigenvalue weighted by molar-refractivity contribution is -0.519. The van der Waals surface area contributed by atoms with E-state index < -0.39 is 30.0 Å². The van der Waals surface area contributed by atoms with Crippen molar-refractivity contribution in [3.8, 4) is 0 Å². The van der Waals surface area contributed by atoms with Gasteiger partial charge >= 0.3 is 0 Å². The van der Waals surface area contributed by atoms with Crippen LogP contribution in [0, 0.1) is 13.8 Å². The smallest absolute Gasteiger partial charge is 0.295 e. The summed E-state index contributed by atoms with van der Waals surface area (Å²) in [6, 6.07) is 9.01. The standard InChI is InChI=1S/C29H36N2O6S2/c1-7-30(8-2)24-15-11-22(12-16-24)28(23-13-17-25(18-14-23)31(9-3)10-4)26-19-27(38(32,33)34)21(6)29(20(26)5)39(35,36)37/h11-19H,7-10H2,1-6H3,(H-,32,33,34,35,36,37)/p+1. The Bertz CT molecular complexity index is 1570. The van der Waals surface area contributed by atoms with Crippen molar-refractivity contribution in [3.63, 3.8) is 0 Å². The van der Waals surface area contributed by atoms with Gasteiger partial charge in [0.05, 0.1) is 4.90 Å². The van der Waals surface area contributed by atoms with Crippen molar-refractivity contribution < 1.29 is 30.5 Å². The lowest BCUT2D eigenvalue weighted by Gasteiger charge is -2.23. The van der Waals surface area contributed by atoms with Crippen molar-refractivity contribution in [2.24, 2.45) is 0 Å². The van der Waals surface area contributed by atoms with Gasteiger partial charge in [0.25, 0.3) is 20.2 Å². The molecule has 0 saturated heterocycles. The lowest BCUT2D eigenvalue weighted by Crippen LogP contribution is -2.21. The minimum absolute atomic E-state index is 0.179. The van der Waals surface area contributed by atoms with E-state index in [0.717, 1.165) is 48.7 Å². The van der Waals surface area contributed by atoms with Crippen LogP contribution >= 0.6 is 0 Å². The van der Waals surface area contributed by atoms with E-state index in [2.05, 4.69) is 37.2 Å². The van der Waals surface area contributed by atoms with Crippen LogP contribution in [-0.4, -0.2) is 62.4 Å². The largest absolute Gasteiger partial charge is 0.372 e. The molecule has 0 atom stereocenters.